The van der Waals surface area contributed by atoms with Gasteiger partial charge in [-0.2, -0.15) is 0 Å². The maximum atomic E-state index is 14.0. The fourth-order valence-corrected chi connectivity index (χ4v) is 3.95. The fourth-order valence-electron chi connectivity index (χ4n) is 3.59. The molecule has 1 aromatic heterocycles. The predicted octanol–water partition coefficient (Wildman–Crippen LogP) is 4.92. The Morgan fingerprint density at radius 1 is 1.09 bits per heavy atom. The number of anilines is 2. The van der Waals surface area contributed by atoms with Crippen LogP contribution in [0.1, 0.15) is 29.9 Å². The molecule has 1 aliphatic heterocycles. The van der Waals surface area contributed by atoms with E-state index < -0.39 is 23.6 Å². The number of amides is 1. The van der Waals surface area contributed by atoms with Crippen LogP contribution in [-0.2, 0) is 4.79 Å². The Hall–Kier alpha value is -3.59. The van der Waals surface area contributed by atoms with Crippen LogP contribution in [0.4, 0.5) is 20.3 Å². The van der Waals surface area contributed by atoms with E-state index >= 15 is 0 Å². The summed E-state index contributed by atoms with van der Waals surface area (Å²) in [5, 5.41) is 9.94. The van der Waals surface area contributed by atoms with Gasteiger partial charge in [0.15, 0.2) is 22.6 Å². The fraction of sp³-hybridized carbons (Fsp3) is 0.174. The molecule has 0 saturated heterocycles. The van der Waals surface area contributed by atoms with Crippen LogP contribution in [0.25, 0.3) is 0 Å². The molecule has 2 N–H and O–H groups in total. The Bertz CT molecular complexity index is 1240. The van der Waals surface area contributed by atoms with E-state index in [0.717, 1.165) is 23.4 Å². The molecule has 1 amide bonds. The minimum Gasteiger partial charge on any atom is -0.360 e. The topological polar surface area (TPSA) is 70.4 Å². The molecule has 0 spiro atoms. The van der Waals surface area contributed by atoms with Gasteiger partial charge < -0.3 is 15.2 Å². The van der Waals surface area contributed by atoms with E-state index in [4.69, 9.17) is 16.7 Å². The summed E-state index contributed by atoms with van der Waals surface area (Å²) in [6.45, 7) is 5.43. The largest absolute Gasteiger partial charge is 0.360 e. The SMILES string of the molecule is CC1=C(C(=O)Nc2cc(C)on2)C(c2ccc(F)c(F)c2)NC(=S)N1c1ccc(C)cc1. The molecule has 0 aliphatic carbocycles. The number of nitrogens with zero attached hydrogens (tertiary/aromatic N) is 2. The number of carbonyl (C=O) groups is 1. The summed E-state index contributed by atoms with van der Waals surface area (Å²) in [5.74, 6) is -1.68. The van der Waals surface area contributed by atoms with Gasteiger partial charge in [-0.3, -0.25) is 9.69 Å². The molecule has 0 saturated carbocycles. The van der Waals surface area contributed by atoms with Gasteiger partial charge in [0.2, 0.25) is 0 Å². The summed E-state index contributed by atoms with van der Waals surface area (Å²) in [6, 6.07) is 11.9. The van der Waals surface area contributed by atoms with Crippen molar-refractivity contribution < 1.29 is 18.1 Å². The first-order chi connectivity index (χ1) is 15.2. The summed E-state index contributed by atoms with van der Waals surface area (Å²) < 4.78 is 32.6. The highest BCUT2D eigenvalue weighted by Crippen LogP contribution is 2.34. The third-order valence-corrected chi connectivity index (χ3v) is 5.47. The Balaban J connectivity index is 1.82. The lowest BCUT2D eigenvalue weighted by molar-refractivity contribution is -0.113. The minimum absolute atomic E-state index is 0.242. The molecule has 6 nitrogen and oxygen atoms in total. The average Bonchev–Trinajstić information content (AvgIpc) is 3.15. The second kappa shape index (κ2) is 8.51. The third kappa shape index (κ3) is 4.11. The van der Waals surface area contributed by atoms with Crippen LogP contribution in [0.2, 0.25) is 0 Å². The van der Waals surface area contributed by atoms with E-state index in [2.05, 4.69) is 15.8 Å². The maximum Gasteiger partial charge on any atom is 0.257 e. The lowest BCUT2D eigenvalue weighted by atomic mass is 9.94. The van der Waals surface area contributed by atoms with Crippen LogP contribution in [0.5, 0.6) is 0 Å². The first-order valence-corrected chi connectivity index (χ1v) is 10.2. The van der Waals surface area contributed by atoms with Crippen LogP contribution >= 0.6 is 12.2 Å². The summed E-state index contributed by atoms with van der Waals surface area (Å²) >= 11 is 5.58. The Morgan fingerprint density at radius 3 is 2.44 bits per heavy atom. The number of halogens is 2. The van der Waals surface area contributed by atoms with Crippen molar-refractivity contribution >= 4 is 34.7 Å². The van der Waals surface area contributed by atoms with E-state index in [1.165, 1.54) is 6.07 Å². The molecule has 4 rings (SSSR count). The zero-order chi connectivity index (χ0) is 23.0. The van der Waals surface area contributed by atoms with Gasteiger partial charge in [-0.1, -0.05) is 28.9 Å². The van der Waals surface area contributed by atoms with Crippen molar-refractivity contribution in [2.45, 2.75) is 26.8 Å². The molecule has 2 aromatic carbocycles. The van der Waals surface area contributed by atoms with Crippen LogP contribution < -0.4 is 15.5 Å². The molecule has 164 valence electrons. The molecule has 9 heteroatoms. The van der Waals surface area contributed by atoms with Gasteiger partial charge in [0, 0.05) is 17.5 Å². The molecule has 2 heterocycles. The molecule has 0 bridgehead atoms. The van der Waals surface area contributed by atoms with E-state index in [9.17, 15) is 13.6 Å². The number of aromatic nitrogens is 1. The third-order valence-electron chi connectivity index (χ3n) is 5.17. The summed E-state index contributed by atoms with van der Waals surface area (Å²) in [5.41, 5.74) is 3.02. The molecule has 0 fully saturated rings. The molecule has 1 atom stereocenters. The van der Waals surface area contributed by atoms with Crippen molar-refractivity contribution in [2.24, 2.45) is 0 Å². The van der Waals surface area contributed by atoms with E-state index in [-0.39, 0.29) is 11.4 Å². The van der Waals surface area contributed by atoms with Crippen LogP contribution in [0, 0.1) is 25.5 Å². The molecule has 1 unspecified atom stereocenters. The van der Waals surface area contributed by atoms with Gasteiger partial charge in [-0.05, 0) is 62.8 Å². The van der Waals surface area contributed by atoms with Gasteiger partial charge in [0.1, 0.15) is 5.76 Å². The minimum atomic E-state index is -1.01. The monoisotopic (exact) mass is 454 g/mol. The standard InChI is InChI=1S/C23H20F2N4O2S/c1-12-4-7-16(8-5-12)29-14(3)20(22(30)26-19-10-13(2)31-28-19)21(27-23(29)32)15-6-9-17(24)18(25)11-15/h4-11,21H,1-3H3,(H,27,32)(H,26,28,30). The van der Waals surface area contributed by atoms with E-state index in [1.807, 2.05) is 31.2 Å². The first kappa shape index (κ1) is 21.6. The van der Waals surface area contributed by atoms with Crippen molar-refractivity contribution in [3.8, 4) is 0 Å². The Labute approximate surface area is 188 Å². The average molecular weight is 455 g/mol. The number of nitrogens with one attached hydrogen (secondary N) is 2. The predicted molar refractivity (Wildman–Crippen MR) is 121 cm³/mol. The van der Waals surface area contributed by atoms with Crippen LogP contribution in [0.15, 0.2) is 64.3 Å². The van der Waals surface area contributed by atoms with Crippen LogP contribution in [0.3, 0.4) is 0 Å². The zero-order valence-electron chi connectivity index (χ0n) is 17.6. The molecular formula is C23H20F2N4O2S. The number of aryl methyl sites for hydroxylation is 2. The summed E-state index contributed by atoms with van der Waals surface area (Å²) in [7, 11) is 0. The lowest BCUT2D eigenvalue weighted by Crippen LogP contribution is -2.48. The van der Waals surface area contributed by atoms with E-state index in [1.54, 1.807) is 24.8 Å². The number of allylic oxidation sites excluding steroid dienone is 1. The van der Waals surface area contributed by atoms with Crippen LogP contribution in [-0.4, -0.2) is 16.2 Å². The highest BCUT2D eigenvalue weighted by atomic mass is 32.1. The van der Waals surface area contributed by atoms with Crippen molar-refractivity contribution in [2.75, 3.05) is 10.2 Å². The number of carbonyl (C=O) groups excluding carboxylic acids is 1. The smallest absolute Gasteiger partial charge is 0.257 e. The normalized spacial score (nSPS) is 16.2. The molecule has 3 aromatic rings. The number of hydrogen-bond acceptors (Lipinski definition) is 4. The van der Waals surface area contributed by atoms with Gasteiger partial charge in [-0.15, -0.1) is 0 Å². The summed E-state index contributed by atoms with van der Waals surface area (Å²) in [6.07, 6.45) is 0. The maximum absolute atomic E-state index is 14.0. The van der Waals surface area contributed by atoms with Gasteiger partial charge in [0.05, 0.1) is 11.6 Å². The first-order valence-electron chi connectivity index (χ1n) is 9.82. The lowest BCUT2D eigenvalue weighted by Gasteiger charge is -2.38. The van der Waals surface area contributed by atoms with Crippen molar-refractivity contribution in [3.63, 3.8) is 0 Å². The number of rotatable bonds is 4. The highest BCUT2D eigenvalue weighted by Gasteiger charge is 2.35. The van der Waals surface area contributed by atoms with Crippen molar-refractivity contribution in [1.29, 1.82) is 0 Å². The Morgan fingerprint density at radius 2 is 1.81 bits per heavy atom. The second-order valence-electron chi connectivity index (χ2n) is 7.50. The Kier molecular flexibility index (Phi) is 5.75. The van der Waals surface area contributed by atoms with Gasteiger partial charge in [0.25, 0.3) is 5.91 Å². The number of thiocarbonyl (C=S) groups is 1. The summed E-state index contributed by atoms with van der Waals surface area (Å²) in [4.78, 5) is 15.1. The second-order valence-corrected chi connectivity index (χ2v) is 7.89. The van der Waals surface area contributed by atoms with Crippen molar-refractivity contribution in [3.05, 3.63) is 88.3 Å². The number of hydrogen-bond donors (Lipinski definition) is 2. The molecule has 0 radical (unpaired) electrons. The quantitative estimate of drug-likeness (QED) is 0.546. The van der Waals surface area contributed by atoms with Gasteiger partial charge >= 0.3 is 0 Å². The molecular weight excluding hydrogens is 434 g/mol. The van der Waals surface area contributed by atoms with Gasteiger partial charge in [-0.25, -0.2) is 8.78 Å². The molecule has 1 aliphatic rings. The molecule has 32 heavy (non-hydrogen) atoms. The highest BCUT2D eigenvalue weighted by molar-refractivity contribution is 7.80. The van der Waals surface area contributed by atoms with E-state index in [0.29, 0.717) is 22.1 Å². The zero-order valence-corrected chi connectivity index (χ0v) is 18.4. The number of benzene rings is 2. The van der Waals surface area contributed by atoms with Crippen molar-refractivity contribution in [1.82, 2.24) is 10.5 Å².